The number of benzene rings is 1. The van der Waals surface area contributed by atoms with Gasteiger partial charge in [-0.05, 0) is 32.9 Å². The minimum atomic E-state index is -0.413. The first-order valence-electron chi connectivity index (χ1n) is 6.53. The smallest absolute Gasteiger partial charge is 0.274 e. The summed E-state index contributed by atoms with van der Waals surface area (Å²) in [7, 11) is 0. The van der Waals surface area contributed by atoms with E-state index in [0.29, 0.717) is 10.6 Å². The molecule has 1 atom stereocenters. The molecule has 2 rings (SSSR count). The quantitative estimate of drug-likeness (QED) is 0.694. The Hall–Kier alpha value is -1.92. The monoisotopic (exact) mass is 308 g/mol. The molecule has 1 aromatic heterocycles. The average Bonchev–Trinajstić information content (AvgIpc) is 2.64. The van der Waals surface area contributed by atoms with Crippen LogP contribution in [0.15, 0.2) is 18.2 Å². The van der Waals surface area contributed by atoms with E-state index in [2.05, 4.69) is 5.10 Å². The van der Waals surface area contributed by atoms with Gasteiger partial charge in [0.25, 0.3) is 5.69 Å². The minimum Gasteiger partial charge on any atom is -0.324 e. The van der Waals surface area contributed by atoms with Gasteiger partial charge in [0.15, 0.2) is 0 Å². The number of nitro groups is 1. The van der Waals surface area contributed by atoms with Crippen molar-refractivity contribution in [3.8, 4) is 0 Å². The molecule has 1 unspecified atom stereocenters. The Morgan fingerprint density at radius 2 is 2.14 bits per heavy atom. The number of nitrogens with two attached hydrogens (primary N) is 1. The van der Waals surface area contributed by atoms with Crippen LogP contribution in [0.4, 0.5) is 5.69 Å². The molecule has 0 bridgehead atoms. The molecule has 0 aliphatic rings. The Morgan fingerprint density at radius 3 is 2.67 bits per heavy atom. The minimum absolute atomic E-state index is 0.0364. The Balaban J connectivity index is 2.46. The third-order valence-electron chi connectivity index (χ3n) is 3.45. The second-order valence-electron chi connectivity index (χ2n) is 5.06. The Labute approximate surface area is 127 Å². The average molecular weight is 309 g/mol. The van der Waals surface area contributed by atoms with Gasteiger partial charge in [-0.1, -0.05) is 11.6 Å². The molecule has 1 aromatic carbocycles. The fourth-order valence-electron chi connectivity index (χ4n) is 2.54. The van der Waals surface area contributed by atoms with Crippen LogP contribution >= 0.6 is 11.6 Å². The summed E-state index contributed by atoms with van der Waals surface area (Å²) in [6.07, 6.45) is 0. The Morgan fingerprint density at radius 1 is 1.48 bits per heavy atom. The molecular weight excluding hydrogens is 292 g/mol. The normalized spacial score (nSPS) is 12.4. The van der Waals surface area contributed by atoms with Crippen molar-refractivity contribution in [1.29, 1.82) is 0 Å². The number of hydrogen-bond donors (Lipinski definition) is 1. The molecule has 0 saturated heterocycles. The van der Waals surface area contributed by atoms with Crippen molar-refractivity contribution >= 4 is 17.3 Å². The highest BCUT2D eigenvalue weighted by Crippen LogP contribution is 2.26. The molecule has 0 spiro atoms. The van der Waals surface area contributed by atoms with Crippen LogP contribution in [-0.2, 0) is 6.54 Å². The van der Waals surface area contributed by atoms with Gasteiger partial charge in [0, 0.05) is 28.4 Å². The summed E-state index contributed by atoms with van der Waals surface area (Å²) in [6.45, 7) is 5.98. The molecule has 0 radical (unpaired) electrons. The lowest BCUT2D eigenvalue weighted by Crippen LogP contribution is -2.09. The number of aryl methyl sites for hydroxylation is 1. The van der Waals surface area contributed by atoms with Gasteiger partial charge in [0.05, 0.1) is 22.7 Å². The van der Waals surface area contributed by atoms with Crippen LogP contribution in [0.2, 0.25) is 5.02 Å². The van der Waals surface area contributed by atoms with E-state index in [1.54, 1.807) is 10.7 Å². The maximum Gasteiger partial charge on any atom is 0.274 e. The third-order valence-corrected chi connectivity index (χ3v) is 3.69. The predicted octanol–water partition coefficient (Wildman–Crippen LogP) is 3.13. The summed E-state index contributed by atoms with van der Waals surface area (Å²) in [5.74, 6) is 0. The second kappa shape index (κ2) is 5.83. The summed E-state index contributed by atoms with van der Waals surface area (Å²) >= 11 is 5.94. The topological polar surface area (TPSA) is 87.0 Å². The standard InChI is InChI=1S/C14H17ClN4O2/c1-8(16)14-9(2)17-18(10(14)3)7-11-6-12(15)4-5-13(11)19(20)21/h4-6,8H,7,16H2,1-3H3. The van der Waals surface area contributed by atoms with E-state index in [1.807, 2.05) is 20.8 Å². The zero-order valence-corrected chi connectivity index (χ0v) is 12.9. The first-order valence-corrected chi connectivity index (χ1v) is 6.91. The van der Waals surface area contributed by atoms with Crippen molar-refractivity contribution in [2.24, 2.45) is 5.73 Å². The molecule has 0 fully saturated rings. The zero-order chi connectivity index (χ0) is 15.7. The fraction of sp³-hybridized carbons (Fsp3) is 0.357. The van der Waals surface area contributed by atoms with Gasteiger partial charge < -0.3 is 5.73 Å². The molecule has 2 aromatic rings. The summed E-state index contributed by atoms with van der Waals surface area (Å²) in [6, 6.07) is 4.39. The lowest BCUT2D eigenvalue weighted by Gasteiger charge is -2.08. The Bertz CT molecular complexity index is 695. The van der Waals surface area contributed by atoms with E-state index in [9.17, 15) is 10.1 Å². The van der Waals surface area contributed by atoms with Gasteiger partial charge in [-0.15, -0.1) is 0 Å². The maximum absolute atomic E-state index is 11.1. The third kappa shape index (κ3) is 3.06. The fourth-order valence-corrected chi connectivity index (χ4v) is 2.74. The van der Waals surface area contributed by atoms with Crippen molar-refractivity contribution in [3.05, 3.63) is 55.9 Å². The summed E-state index contributed by atoms with van der Waals surface area (Å²) < 4.78 is 1.73. The van der Waals surface area contributed by atoms with Crippen LogP contribution in [0.25, 0.3) is 0 Å². The van der Waals surface area contributed by atoms with Crippen molar-refractivity contribution < 1.29 is 4.92 Å². The van der Waals surface area contributed by atoms with E-state index in [4.69, 9.17) is 17.3 Å². The van der Waals surface area contributed by atoms with Gasteiger partial charge in [0.1, 0.15) is 0 Å². The molecule has 0 saturated carbocycles. The first kappa shape index (κ1) is 15.5. The summed E-state index contributed by atoms with van der Waals surface area (Å²) in [4.78, 5) is 10.7. The van der Waals surface area contributed by atoms with Crippen LogP contribution in [0.3, 0.4) is 0 Å². The van der Waals surface area contributed by atoms with Crippen molar-refractivity contribution in [2.45, 2.75) is 33.4 Å². The molecule has 0 amide bonds. The lowest BCUT2D eigenvalue weighted by atomic mass is 10.1. The Kier molecular flexibility index (Phi) is 4.29. The molecule has 7 heteroatoms. The van der Waals surface area contributed by atoms with Crippen molar-refractivity contribution in [2.75, 3.05) is 0 Å². The predicted molar refractivity (Wildman–Crippen MR) is 81.5 cm³/mol. The lowest BCUT2D eigenvalue weighted by molar-refractivity contribution is -0.385. The second-order valence-corrected chi connectivity index (χ2v) is 5.50. The van der Waals surface area contributed by atoms with Gasteiger partial charge in [0.2, 0.25) is 0 Å². The van der Waals surface area contributed by atoms with Crippen LogP contribution in [-0.4, -0.2) is 14.7 Å². The SMILES string of the molecule is Cc1nn(Cc2cc(Cl)ccc2[N+](=O)[O-])c(C)c1C(C)N. The van der Waals surface area contributed by atoms with E-state index >= 15 is 0 Å². The zero-order valence-electron chi connectivity index (χ0n) is 12.1. The highest BCUT2D eigenvalue weighted by atomic mass is 35.5. The largest absolute Gasteiger partial charge is 0.324 e. The van der Waals surface area contributed by atoms with Crippen LogP contribution < -0.4 is 5.73 Å². The summed E-state index contributed by atoms with van der Waals surface area (Å²) in [5, 5.41) is 16.0. The highest BCUT2D eigenvalue weighted by Gasteiger charge is 2.19. The molecule has 0 aliphatic carbocycles. The van der Waals surface area contributed by atoms with Crippen molar-refractivity contribution in [3.63, 3.8) is 0 Å². The van der Waals surface area contributed by atoms with Crippen LogP contribution in [0, 0.1) is 24.0 Å². The van der Waals surface area contributed by atoms with Crippen molar-refractivity contribution in [1.82, 2.24) is 9.78 Å². The van der Waals surface area contributed by atoms with E-state index in [-0.39, 0.29) is 18.3 Å². The maximum atomic E-state index is 11.1. The number of aromatic nitrogens is 2. The number of nitro benzene ring substituents is 1. The number of nitrogens with zero attached hydrogens (tertiary/aromatic N) is 3. The van der Waals surface area contributed by atoms with Crippen LogP contribution in [0.1, 0.15) is 35.5 Å². The van der Waals surface area contributed by atoms with Gasteiger partial charge in [-0.3, -0.25) is 14.8 Å². The molecule has 112 valence electrons. The number of halogens is 1. The molecule has 0 aliphatic heterocycles. The van der Waals surface area contributed by atoms with E-state index in [0.717, 1.165) is 17.0 Å². The molecule has 2 N–H and O–H groups in total. The van der Waals surface area contributed by atoms with Gasteiger partial charge in [-0.25, -0.2) is 0 Å². The highest BCUT2D eigenvalue weighted by molar-refractivity contribution is 6.30. The molecule has 6 nitrogen and oxygen atoms in total. The molecule has 21 heavy (non-hydrogen) atoms. The summed E-state index contributed by atoms with van der Waals surface area (Å²) in [5.41, 5.74) is 9.23. The van der Waals surface area contributed by atoms with E-state index < -0.39 is 4.92 Å². The first-order chi connectivity index (χ1) is 9.81. The van der Waals surface area contributed by atoms with Gasteiger partial charge in [-0.2, -0.15) is 5.10 Å². The molecule has 1 heterocycles. The van der Waals surface area contributed by atoms with Crippen LogP contribution in [0.5, 0.6) is 0 Å². The molecular formula is C14H17ClN4O2. The number of hydrogen-bond acceptors (Lipinski definition) is 4. The van der Waals surface area contributed by atoms with Gasteiger partial charge >= 0.3 is 0 Å². The van der Waals surface area contributed by atoms with E-state index in [1.165, 1.54) is 12.1 Å². The number of rotatable bonds is 4.